The third kappa shape index (κ3) is 10.0. The minimum absolute atomic E-state index is 0.202. The molecule has 0 atom stereocenters. The number of rotatable bonds is 20. The predicted molar refractivity (Wildman–Crippen MR) is 205 cm³/mol. The predicted octanol–water partition coefficient (Wildman–Crippen LogP) is 11.3. The summed E-state index contributed by atoms with van der Waals surface area (Å²) in [5.74, 6) is 3.95. The van der Waals surface area contributed by atoms with Crippen molar-refractivity contribution in [1.82, 2.24) is 0 Å². The van der Waals surface area contributed by atoms with Crippen molar-refractivity contribution in [2.24, 2.45) is 0 Å². The standard InChI is InChI=1S/C45H52O4/c1-9-24-46-42-20-16-36(28-32(42)5)40(37-17-21-43(33(6)29-37)47-25-10-2)14-13-15-41(38-18-22-44(34(7)30-38)48-26-11-3)39-19-23-45(35(8)31-39)49-27-12-4/h9-12,16-23,28-31,40-41H,1-4,13-15,24-27H2,5-8H3. The van der Waals surface area contributed by atoms with Gasteiger partial charge in [0.2, 0.25) is 0 Å². The number of hydrogen-bond acceptors (Lipinski definition) is 4. The molecule has 0 N–H and O–H groups in total. The second-order valence-corrected chi connectivity index (χ2v) is 12.5. The van der Waals surface area contributed by atoms with E-state index in [0.29, 0.717) is 26.4 Å². The zero-order valence-corrected chi connectivity index (χ0v) is 29.8. The van der Waals surface area contributed by atoms with Crippen LogP contribution in [0.15, 0.2) is 123 Å². The average molecular weight is 657 g/mol. The minimum Gasteiger partial charge on any atom is -0.489 e. The van der Waals surface area contributed by atoms with E-state index < -0.39 is 0 Å². The highest BCUT2D eigenvalue weighted by Crippen LogP contribution is 2.39. The normalized spacial score (nSPS) is 10.9. The molecule has 0 spiro atoms. The van der Waals surface area contributed by atoms with E-state index in [4.69, 9.17) is 18.9 Å². The van der Waals surface area contributed by atoms with Crippen LogP contribution in [-0.4, -0.2) is 26.4 Å². The van der Waals surface area contributed by atoms with Crippen molar-refractivity contribution in [2.45, 2.75) is 58.8 Å². The Hall–Kier alpha value is -4.96. The van der Waals surface area contributed by atoms with Crippen LogP contribution in [-0.2, 0) is 0 Å². The Balaban J connectivity index is 1.67. The van der Waals surface area contributed by atoms with Crippen LogP contribution < -0.4 is 18.9 Å². The molecule has 49 heavy (non-hydrogen) atoms. The topological polar surface area (TPSA) is 36.9 Å². The fourth-order valence-electron chi connectivity index (χ4n) is 6.38. The van der Waals surface area contributed by atoms with Gasteiger partial charge < -0.3 is 18.9 Å². The molecule has 0 amide bonds. The van der Waals surface area contributed by atoms with Gasteiger partial charge >= 0.3 is 0 Å². The third-order valence-electron chi connectivity index (χ3n) is 8.82. The van der Waals surface area contributed by atoms with Crippen molar-refractivity contribution in [3.63, 3.8) is 0 Å². The quantitative estimate of drug-likeness (QED) is 0.0887. The molecule has 4 aromatic rings. The molecular formula is C45H52O4. The van der Waals surface area contributed by atoms with Crippen LogP contribution in [0.2, 0.25) is 0 Å². The molecule has 0 aliphatic heterocycles. The maximum Gasteiger partial charge on any atom is 0.122 e. The van der Waals surface area contributed by atoms with Crippen LogP contribution >= 0.6 is 0 Å². The van der Waals surface area contributed by atoms with Gasteiger partial charge in [-0.1, -0.05) is 106 Å². The summed E-state index contributed by atoms with van der Waals surface area (Å²) in [4.78, 5) is 0. The van der Waals surface area contributed by atoms with Gasteiger partial charge in [0.25, 0.3) is 0 Å². The van der Waals surface area contributed by atoms with Crippen molar-refractivity contribution >= 4 is 0 Å². The molecule has 256 valence electrons. The van der Waals surface area contributed by atoms with Gasteiger partial charge in [-0.15, -0.1) is 0 Å². The summed E-state index contributed by atoms with van der Waals surface area (Å²) >= 11 is 0. The second kappa shape index (κ2) is 18.5. The summed E-state index contributed by atoms with van der Waals surface area (Å²) in [5, 5.41) is 0. The highest BCUT2D eigenvalue weighted by atomic mass is 16.5. The van der Waals surface area contributed by atoms with Crippen molar-refractivity contribution < 1.29 is 18.9 Å². The smallest absolute Gasteiger partial charge is 0.122 e. The molecule has 4 rings (SSSR count). The van der Waals surface area contributed by atoms with E-state index in [0.717, 1.165) is 64.5 Å². The largest absolute Gasteiger partial charge is 0.489 e. The van der Waals surface area contributed by atoms with E-state index in [1.165, 1.54) is 22.3 Å². The highest BCUT2D eigenvalue weighted by Gasteiger charge is 2.21. The van der Waals surface area contributed by atoms with Crippen LogP contribution in [0.3, 0.4) is 0 Å². The SMILES string of the molecule is C=CCOc1ccc(C(CCCC(c2ccc(OCC=C)c(C)c2)c2ccc(OCC=C)c(C)c2)c2ccc(OCC=C)c(C)c2)cc1C. The molecule has 0 saturated heterocycles. The molecule has 0 aliphatic carbocycles. The molecule has 0 aromatic heterocycles. The monoisotopic (exact) mass is 656 g/mol. The molecule has 4 nitrogen and oxygen atoms in total. The summed E-state index contributed by atoms with van der Waals surface area (Å²) < 4.78 is 23.7. The fraction of sp³-hybridized carbons (Fsp3) is 0.289. The molecule has 4 heteroatoms. The van der Waals surface area contributed by atoms with Crippen LogP contribution in [0, 0.1) is 27.7 Å². The first-order valence-electron chi connectivity index (χ1n) is 17.2. The number of ether oxygens (including phenoxy) is 4. The van der Waals surface area contributed by atoms with Gasteiger partial charge in [0.05, 0.1) is 0 Å². The first-order chi connectivity index (χ1) is 23.8. The Kier molecular flexibility index (Phi) is 14.0. The van der Waals surface area contributed by atoms with E-state index in [1.807, 2.05) is 0 Å². The van der Waals surface area contributed by atoms with E-state index in [9.17, 15) is 0 Å². The molecule has 0 unspecified atom stereocenters. The fourth-order valence-corrected chi connectivity index (χ4v) is 6.38. The molecular weight excluding hydrogens is 604 g/mol. The van der Waals surface area contributed by atoms with Crippen molar-refractivity contribution in [2.75, 3.05) is 26.4 Å². The lowest BCUT2D eigenvalue weighted by Gasteiger charge is -2.24. The lowest BCUT2D eigenvalue weighted by molar-refractivity contribution is 0.360. The molecule has 4 aromatic carbocycles. The number of aryl methyl sites for hydroxylation is 4. The van der Waals surface area contributed by atoms with Crippen LogP contribution in [0.5, 0.6) is 23.0 Å². The van der Waals surface area contributed by atoms with Crippen molar-refractivity contribution in [3.05, 3.63) is 168 Å². The number of benzene rings is 4. The lowest BCUT2D eigenvalue weighted by Crippen LogP contribution is -2.07. The summed E-state index contributed by atoms with van der Waals surface area (Å²) in [5.41, 5.74) is 9.58. The van der Waals surface area contributed by atoms with E-state index in [2.05, 4.69) is 127 Å². The molecule has 0 radical (unpaired) electrons. The average Bonchev–Trinajstić information content (AvgIpc) is 3.09. The zero-order valence-electron chi connectivity index (χ0n) is 29.8. The van der Waals surface area contributed by atoms with Gasteiger partial charge in [-0.25, -0.2) is 0 Å². The van der Waals surface area contributed by atoms with Gasteiger partial charge in [0, 0.05) is 11.8 Å². The van der Waals surface area contributed by atoms with Crippen LogP contribution in [0.25, 0.3) is 0 Å². The first kappa shape index (κ1) is 36.9. The number of hydrogen-bond donors (Lipinski definition) is 0. The van der Waals surface area contributed by atoms with Gasteiger partial charge in [0.15, 0.2) is 0 Å². The molecule has 0 aliphatic rings. The second-order valence-electron chi connectivity index (χ2n) is 12.5. The Morgan fingerprint density at radius 1 is 0.429 bits per heavy atom. The molecule has 0 saturated carbocycles. The maximum absolute atomic E-state index is 5.92. The molecule has 0 bridgehead atoms. The van der Waals surface area contributed by atoms with E-state index in [-0.39, 0.29) is 11.8 Å². The molecule has 0 heterocycles. The summed E-state index contributed by atoms with van der Waals surface area (Å²) in [6.07, 6.45) is 10.1. The molecule has 0 fully saturated rings. The van der Waals surface area contributed by atoms with Crippen molar-refractivity contribution in [1.29, 1.82) is 0 Å². The van der Waals surface area contributed by atoms with Gasteiger partial charge in [0.1, 0.15) is 49.4 Å². The van der Waals surface area contributed by atoms with E-state index in [1.54, 1.807) is 24.3 Å². The first-order valence-corrected chi connectivity index (χ1v) is 17.2. The highest BCUT2D eigenvalue weighted by molar-refractivity contribution is 5.46. The maximum atomic E-state index is 5.92. The Labute approximate surface area is 294 Å². The van der Waals surface area contributed by atoms with Gasteiger partial charge in [-0.2, -0.15) is 0 Å². The van der Waals surface area contributed by atoms with Crippen LogP contribution in [0.1, 0.15) is 75.6 Å². The summed E-state index contributed by atoms with van der Waals surface area (Å²) in [7, 11) is 0. The summed E-state index contributed by atoms with van der Waals surface area (Å²) in [6.45, 7) is 25.6. The third-order valence-corrected chi connectivity index (χ3v) is 8.82. The Bertz CT molecular complexity index is 1480. The Morgan fingerprint density at radius 3 is 0.878 bits per heavy atom. The minimum atomic E-state index is 0.202. The van der Waals surface area contributed by atoms with Gasteiger partial charge in [-0.3, -0.25) is 0 Å². The lowest BCUT2D eigenvalue weighted by atomic mass is 9.81. The Morgan fingerprint density at radius 2 is 0.673 bits per heavy atom. The van der Waals surface area contributed by atoms with Gasteiger partial charge in [-0.05, 0) is 109 Å². The van der Waals surface area contributed by atoms with E-state index >= 15 is 0 Å². The van der Waals surface area contributed by atoms with Crippen molar-refractivity contribution in [3.8, 4) is 23.0 Å². The van der Waals surface area contributed by atoms with Crippen LogP contribution in [0.4, 0.5) is 0 Å². The summed E-state index contributed by atoms with van der Waals surface area (Å²) in [6, 6.07) is 26.3. The zero-order chi connectivity index (χ0) is 35.2.